The topological polar surface area (TPSA) is 89.7 Å². The van der Waals surface area contributed by atoms with E-state index in [1.54, 1.807) is 6.20 Å². The van der Waals surface area contributed by atoms with Crippen molar-refractivity contribution in [2.45, 2.75) is 58.2 Å². The Kier molecular flexibility index (Phi) is 5.45. The van der Waals surface area contributed by atoms with Gasteiger partial charge in [-0.1, -0.05) is 6.92 Å². The molecule has 8 nitrogen and oxygen atoms in total. The highest BCUT2D eigenvalue weighted by molar-refractivity contribution is 5.74. The van der Waals surface area contributed by atoms with Crippen molar-refractivity contribution < 1.29 is 4.79 Å². The van der Waals surface area contributed by atoms with Crippen LogP contribution in [0, 0.1) is 0 Å². The molecule has 2 aromatic rings. The Morgan fingerprint density at radius 2 is 2.33 bits per heavy atom. The van der Waals surface area contributed by atoms with E-state index in [0.717, 1.165) is 56.8 Å². The van der Waals surface area contributed by atoms with Gasteiger partial charge in [0.25, 0.3) is 0 Å². The van der Waals surface area contributed by atoms with Crippen LogP contribution < -0.4 is 10.6 Å². The molecule has 2 aromatic heterocycles. The van der Waals surface area contributed by atoms with E-state index in [4.69, 9.17) is 0 Å². The van der Waals surface area contributed by atoms with Crippen LogP contribution in [0.15, 0.2) is 18.7 Å². The number of nitrogens with zero attached hydrogens (tertiary/aromatic N) is 5. The van der Waals surface area contributed by atoms with Crippen LogP contribution in [0.5, 0.6) is 0 Å². The zero-order valence-electron chi connectivity index (χ0n) is 14.1. The Hall–Kier alpha value is -2.38. The fourth-order valence-corrected chi connectivity index (χ4v) is 2.94. The number of imidazole rings is 1. The van der Waals surface area contributed by atoms with Gasteiger partial charge in [-0.25, -0.2) is 19.4 Å². The number of rotatable bonds is 7. The summed E-state index contributed by atoms with van der Waals surface area (Å²) >= 11 is 0. The van der Waals surface area contributed by atoms with Gasteiger partial charge in [0.15, 0.2) is 5.82 Å². The molecule has 0 fully saturated rings. The zero-order chi connectivity index (χ0) is 16.8. The van der Waals surface area contributed by atoms with Gasteiger partial charge in [0.2, 0.25) is 0 Å². The monoisotopic (exact) mass is 331 g/mol. The largest absolute Gasteiger partial charge is 0.338 e. The summed E-state index contributed by atoms with van der Waals surface area (Å²) < 4.78 is 3.97. The molecule has 0 saturated heterocycles. The lowest BCUT2D eigenvalue weighted by atomic mass is 10.1. The van der Waals surface area contributed by atoms with Crippen LogP contribution in [-0.4, -0.2) is 36.9 Å². The summed E-state index contributed by atoms with van der Waals surface area (Å²) in [4.78, 5) is 20.6. The van der Waals surface area contributed by atoms with E-state index < -0.39 is 0 Å². The lowest BCUT2D eigenvalue weighted by Gasteiger charge is -2.23. The Labute approximate surface area is 141 Å². The van der Waals surface area contributed by atoms with Gasteiger partial charge in [0.05, 0.1) is 12.4 Å². The van der Waals surface area contributed by atoms with E-state index >= 15 is 0 Å². The molecule has 0 spiro atoms. The Morgan fingerprint density at radius 3 is 3.12 bits per heavy atom. The Balaban J connectivity index is 1.40. The van der Waals surface area contributed by atoms with Crippen molar-refractivity contribution in [1.82, 2.24) is 34.9 Å². The standard InChI is InChI=1S/C16H25N7O/c1-2-14-20-15-13(6-5-10-23(15)21-14)19-16(24)18-7-3-4-9-22-11-8-17-12-22/h8,11-13H,2-7,9-10H2,1H3,(H2,18,19,24). The summed E-state index contributed by atoms with van der Waals surface area (Å²) in [5.74, 6) is 1.73. The van der Waals surface area contributed by atoms with Gasteiger partial charge in [-0.3, -0.25) is 0 Å². The first kappa shape index (κ1) is 16.5. The van der Waals surface area contributed by atoms with Gasteiger partial charge in [0, 0.05) is 38.4 Å². The molecule has 2 N–H and O–H groups in total. The quantitative estimate of drug-likeness (QED) is 0.755. The molecule has 3 rings (SSSR count). The van der Waals surface area contributed by atoms with Crippen LogP contribution >= 0.6 is 0 Å². The van der Waals surface area contributed by atoms with E-state index in [1.807, 2.05) is 28.7 Å². The SMILES string of the molecule is CCc1nc2n(n1)CCCC2NC(=O)NCCCCn1ccnc1. The third-order valence-electron chi connectivity index (χ3n) is 4.23. The fourth-order valence-electron chi connectivity index (χ4n) is 2.94. The molecule has 1 atom stereocenters. The van der Waals surface area contributed by atoms with Crippen LogP contribution in [-0.2, 0) is 19.5 Å². The third kappa shape index (κ3) is 4.12. The molecular formula is C16H25N7O. The molecular weight excluding hydrogens is 306 g/mol. The Bertz CT molecular complexity index is 649. The molecule has 2 amide bonds. The molecule has 1 aliphatic heterocycles. The predicted molar refractivity (Wildman–Crippen MR) is 89.4 cm³/mol. The van der Waals surface area contributed by atoms with Crippen LogP contribution in [0.25, 0.3) is 0 Å². The maximum absolute atomic E-state index is 12.1. The van der Waals surface area contributed by atoms with Crippen molar-refractivity contribution in [1.29, 1.82) is 0 Å². The van der Waals surface area contributed by atoms with E-state index in [1.165, 1.54) is 0 Å². The second kappa shape index (κ2) is 7.94. The molecule has 0 bridgehead atoms. The highest BCUT2D eigenvalue weighted by Crippen LogP contribution is 2.22. The maximum atomic E-state index is 12.1. The van der Waals surface area contributed by atoms with Crippen molar-refractivity contribution in [3.8, 4) is 0 Å². The molecule has 130 valence electrons. The minimum absolute atomic E-state index is 0.0440. The molecule has 0 saturated carbocycles. The molecule has 0 aliphatic carbocycles. The van der Waals surface area contributed by atoms with Crippen molar-refractivity contribution in [3.05, 3.63) is 30.4 Å². The van der Waals surface area contributed by atoms with E-state index in [-0.39, 0.29) is 12.1 Å². The average molecular weight is 331 g/mol. The van der Waals surface area contributed by atoms with Crippen molar-refractivity contribution in [2.75, 3.05) is 6.54 Å². The van der Waals surface area contributed by atoms with Crippen molar-refractivity contribution in [2.24, 2.45) is 0 Å². The fraction of sp³-hybridized carbons (Fsp3) is 0.625. The van der Waals surface area contributed by atoms with Gasteiger partial charge in [-0.15, -0.1) is 0 Å². The van der Waals surface area contributed by atoms with Crippen LogP contribution in [0.3, 0.4) is 0 Å². The van der Waals surface area contributed by atoms with Gasteiger partial charge in [-0.05, 0) is 25.7 Å². The number of hydrogen-bond acceptors (Lipinski definition) is 4. The second-order valence-corrected chi connectivity index (χ2v) is 6.07. The van der Waals surface area contributed by atoms with Gasteiger partial charge < -0.3 is 15.2 Å². The minimum atomic E-state index is -0.128. The van der Waals surface area contributed by atoms with Gasteiger partial charge in [0.1, 0.15) is 5.82 Å². The minimum Gasteiger partial charge on any atom is -0.338 e. The first-order valence-corrected chi connectivity index (χ1v) is 8.70. The zero-order valence-corrected chi connectivity index (χ0v) is 14.1. The van der Waals surface area contributed by atoms with E-state index in [2.05, 4.69) is 25.7 Å². The number of aryl methyl sites for hydroxylation is 3. The number of fused-ring (bicyclic) bond motifs is 1. The van der Waals surface area contributed by atoms with Crippen molar-refractivity contribution >= 4 is 6.03 Å². The number of nitrogens with one attached hydrogen (secondary N) is 2. The van der Waals surface area contributed by atoms with Crippen molar-refractivity contribution in [3.63, 3.8) is 0 Å². The smallest absolute Gasteiger partial charge is 0.315 e. The lowest BCUT2D eigenvalue weighted by molar-refractivity contribution is 0.232. The number of urea groups is 1. The number of hydrogen-bond donors (Lipinski definition) is 2. The molecule has 8 heteroatoms. The molecule has 0 aromatic carbocycles. The predicted octanol–water partition coefficient (Wildman–Crippen LogP) is 1.65. The van der Waals surface area contributed by atoms with E-state index in [0.29, 0.717) is 6.54 Å². The summed E-state index contributed by atoms with van der Waals surface area (Å²) in [5.41, 5.74) is 0. The molecule has 0 radical (unpaired) electrons. The first-order valence-electron chi connectivity index (χ1n) is 8.70. The number of carbonyl (C=O) groups excluding carboxylic acids is 1. The van der Waals surface area contributed by atoms with Crippen LogP contribution in [0.4, 0.5) is 4.79 Å². The van der Waals surface area contributed by atoms with Gasteiger partial charge >= 0.3 is 6.03 Å². The van der Waals surface area contributed by atoms with Crippen LogP contribution in [0.2, 0.25) is 0 Å². The summed E-state index contributed by atoms with van der Waals surface area (Å²) in [7, 11) is 0. The number of aromatic nitrogens is 5. The first-order chi connectivity index (χ1) is 11.8. The summed E-state index contributed by atoms with van der Waals surface area (Å²) in [5, 5.41) is 10.4. The molecule has 1 aliphatic rings. The normalized spacial score (nSPS) is 16.6. The average Bonchev–Trinajstić information content (AvgIpc) is 3.24. The Morgan fingerprint density at radius 1 is 1.42 bits per heavy atom. The summed E-state index contributed by atoms with van der Waals surface area (Å²) in [6.07, 6.45) is 10.2. The molecule has 3 heterocycles. The van der Waals surface area contributed by atoms with Gasteiger partial charge in [-0.2, -0.15) is 5.10 Å². The number of carbonyl (C=O) groups is 1. The summed E-state index contributed by atoms with van der Waals surface area (Å²) in [6, 6.07) is -0.172. The molecule has 24 heavy (non-hydrogen) atoms. The highest BCUT2D eigenvalue weighted by Gasteiger charge is 2.25. The van der Waals surface area contributed by atoms with Crippen LogP contribution in [0.1, 0.15) is 50.3 Å². The second-order valence-electron chi connectivity index (χ2n) is 6.07. The highest BCUT2D eigenvalue weighted by atomic mass is 16.2. The third-order valence-corrected chi connectivity index (χ3v) is 4.23. The molecule has 1 unspecified atom stereocenters. The lowest BCUT2D eigenvalue weighted by Crippen LogP contribution is -2.40. The maximum Gasteiger partial charge on any atom is 0.315 e. The summed E-state index contributed by atoms with van der Waals surface area (Å²) in [6.45, 7) is 4.52. The van der Waals surface area contributed by atoms with E-state index in [9.17, 15) is 4.79 Å². The number of amides is 2. The number of unbranched alkanes of at least 4 members (excludes halogenated alkanes) is 1.